The van der Waals surface area contributed by atoms with Crippen molar-refractivity contribution >= 4 is 5.78 Å². The molecular formula is C14H21NO2. The minimum Gasteiger partial charge on any atom is -0.469 e. The Balaban J connectivity index is 2.00. The van der Waals surface area contributed by atoms with Crippen molar-refractivity contribution < 1.29 is 9.21 Å². The molecular weight excluding hydrogens is 214 g/mol. The van der Waals surface area contributed by atoms with Crippen LogP contribution in [0.25, 0.3) is 0 Å². The molecule has 0 bridgehead atoms. The number of carbonyl (C=O) groups is 1. The fourth-order valence-corrected chi connectivity index (χ4v) is 2.42. The van der Waals surface area contributed by atoms with E-state index < -0.39 is 0 Å². The van der Waals surface area contributed by atoms with Gasteiger partial charge in [0.1, 0.15) is 5.76 Å². The van der Waals surface area contributed by atoms with Crippen molar-refractivity contribution in [1.29, 1.82) is 0 Å². The van der Waals surface area contributed by atoms with E-state index >= 15 is 0 Å². The molecule has 3 heteroatoms. The van der Waals surface area contributed by atoms with Crippen LogP contribution in [-0.2, 0) is 11.2 Å². The third-order valence-electron chi connectivity index (χ3n) is 3.74. The van der Waals surface area contributed by atoms with Crippen molar-refractivity contribution in [2.45, 2.75) is 45.1 Å². The van der Waals surface area contributed by atoms with Gasteiger partial charge in [0.2, 0.25) is 0 Å². The van der Waals surface area contributed by atoms with Crippen LogP contribution in [0.2, 0.25) is 0 Å². The first-order valence-corrected chi connectivity index (χ1v) is 6.41. The van der Waals surface area contributed by atoms with Crippen molar-refractivity contribution in [2.75, 3.05) is 13.1 Å². The van der Waals surface area contributed by atoms with Crippen molar-refractivity contribution in [3.63, 3.8) is 0 Å². The molecule has 0 amide bonds. The summed E-state index contributed by atoms with van der Waals surface area (Å²) >= 11 is 0. The van der Waals surface area contributed by atoms with Crippen LogP contribution in [-0.4, -0.2) is 29.3 Å². The molecule has 0 unspecified atom stereocenters. The summed E-state index contributed by atoms with van der Waals surface area (Å²) in [4.78, 5) is 14.6. The Morgan fingerprint density at radius 1 is 1.35 bits per heavy atom. The first kappa shape index (κ1) is 12.4. The molecule has 1 aliphatic heterocycles. The van der Waals surface area contributed by atoms with Crippen molar-refractivity contribution in [1.82, 2.24) is 4.90 Å². The van der Waals surface area contributed by atoms with Gasteiger partial charge in [-0.05, 0) is 51.9 Å². The molecule has 17 heavy (non-hydrogen) atoms. The number of furan rings is 1. The third-order valence-corrected chi connectivity index (χ3v) is 3.74. The molecule has 3 nitrogen and oxygen atoms in total. The second kappa shape index (κ2) is 5.05. The number of piperidine rings is 1. The van der Waals surface area contributed by atoms with E-state index in [9.17, 15) is 4.79 Å². The van der Waals surface area contributed by atoms with Gasteiger partial charge in [0.25, 0.3) is 0 Å². The van der Waals surface area contributed by atoms with Crippen LogP contribution >= 0.6 is 0 Å². The van der Waals surface area contributed by atoms with E-state index in [4.69, 9.17) is 4.42 Å². The van der Waals surface area contributed by atoms with Gasteiger partial charge >= 0.3 is 0 Å². The average Bonchev–Trinajstić information content (AvgIpc) is 2.83. The largest absolute Gasteiger partial charge is 0.469 e. The second-order valence-electron chi connectivity index (χ2n) is 5.29. The van der Waals surface area contributed by atoms with Gasteiger partial charge in [-0.1, -0.05) is 6.42 Å². The van der Waals surface area contributed by atoms with Gasteiger partial charge in [-0.3, -0.25) is 9.69 Å². The van der Waals surface area contributed by atoms with Gasteiger partial charge in [0.05, 0.1) is 18.2 Å². The minimum absolute atomic E-state index is 0.245. The molecule has 0 spiro atoms. The molecule has 1 saturated heterocycles. The zero-order valence-electron chi connectivity index (χ0n) is 10.7. The molecule has 0 saturated carbocycles. The van der Waals surface area contributed by atoms with Crippen LogP contribution in [0, 0.1) is 0 Å². The van der Waals surface area contributed by atoms with Crippen LogP contribution in [0.5, 0.6) is 0 Å². The molecule has 0 atom stereocenters. The van der Waals surface area contributed by atoms with Crippen molar-refractivity contribution in [3.05, 3.63) is 24.2 Å². The lowest BCUT2D eigenvalue weighted by Gasteiger charge is -2.39. The van der Waals surface area contributed by atoms with Crippen LogP contribution in [0.4, 0.5) is 0 Å². The highest BCUT2D eigenvalue weighted by molar-refractivity contribution is 5.89. The Hall–Kier alpha value is -1.09. The fraction of sp³-hybridized carbons (Fsp3) is 0.643. The molecule has 1 fully saturated rings. The molecule has 0 aliphatic carbocycles. The van der Waals surface area contributed by atoms with E-state index in [2.05, 4.69) is 4.90 Å². The fourth-order valence-electron chi connectivity index (χ4n) is 2.42. The Morgan fingerprint density at radius 3 is 2.65 bits per heavy atom. The number of Topliss-reactive ketones (excluding diaryl/α,β-unsaturated/α-hetero) is 1. The van der Waals surface area contributed by atoms with Crippen LogP contribution in [0.15, 0.2) is 22.8 Å². The summed E-state index contributed by atoms with van der Waals surface area (Å²) in [5.41, 5.74) is -0.368. The summed E-state index contributed by atoms with van der Waals surface area (Å²) in [6.45, 7) is 6.14. The highest BCUT2D eigenvalue weighted by atomic mass is 16.3. The number of hydrogen-bond donors (Lipinski definition) is 0. The number of nitrogens with zero attached hydrogens (tertiary/aromatic N) is 1. The normalized spacial score (nSPS) is 18.2. The maximum absolute atomic E-state index is 12.3. The van der Waals surface area contributed by atoms with E-state index in [-0.39, 0.29) is 11.3 Å². The lowest BCUT2D eigenvalue weighted by molar-refractivity contribution is -0.129. The van der Waals surface area contributed by atoms with Crippen LogP contribution in [0.1, 0.15) is 38.9 Å². The van der Waals surface area contributed by atoms with Crippen molar-refractivity contribution in [2.24, 2.45) is 0 Å². The first-order valence-electron chi connectivity index (χ1n) is 6.41. The molecule has 1 aromatic heterocycles. The Morgan fingerprint density at radius 2 is 2.06 bits per heavy atom. The smallest absolute Gasteiger partial charge is 0.160 e. The second-order valence-corrected chi connectivity index (χ2v) is 5.29. The number of rotatable bonds is 4. The van der Waals surface area contributed by atoms with Gasteiger partial charge in [-0.15, -0.1) is 0 Å². The van der Waals surface area contributed by atoms with E-state index in [0.29, 0.717) is 6.42 Å². The number of carbonyl (C=O) groups excluding carboxylic acids is 1. The molecule has 0 aromatic carbocycles. The summed E-state index contributed by atoms with van der Waals surface area (Å²) in [6.07, 6.45) is 5.72. The van der Waals surface area contributed by atoms with Crippen molar-refractivity contribution in [3.8, 4) is 0 Å². The predicted octanol–water partition coefficient (Wildman–Crippen LogP) is 2.66. The summed E-state index contributed by atoms with van der Waals surface area (Å²) in [5.74, 6) is 1.01. The number of likely N-dealkylation sites (tertiary alicyclic amines) is 1. The molecule has 2 rings (SSSR count). The average molecular weight is 235 g/mol. The van der Waals surface area contributed by atoms with E-state index in [1.54, 1.807) is 6.26 Å². The molecule has 0 N–H and O–H groups in total. The maximum Gasteiger partial charge on any atom is 0.160 e. The van der Waals surface area contributed by atoms with Gasteiger partial charge in [-0.2, -0.15) is 0 Å². The zero-order chi connectivity index (χ0) is 12.3. The maximum atomic E-state index is 12.3. The summed E-state index contributed by atoms with van der Waals surface area (Å²) in [5, 5.41) is 0. The van der Waals surface area contributed by atoms with Crippen LogP contribution in [0.3, 0.4) is 0 Å². The van der Waals surface area contributed by atoms with E-state index in [1.165, 1.54) is 19.3 Å². The molecule has 1 aromatic rings. The standard InChI is InChI=1S/C14H21NO2/c1-14(2,15-8-4-3-5-9-15)13(16)11-12-7-6-10-17-12/h6-7,10H,3-5,8-9,11H2,1-2H3. The highest BCUT2D eigenvalue weighted by Crippen LogP contribution is 2.23. The number of ketones is 1. The summed E-state index contributed by atoms with van der Waals surface area (Å²) < 4.78 is 5.25. The Labute approximate surface area is 103 Å². The Bertz CT molecular complexity index is 362. The minimum atomic E-state index is -0.368. The quantitative estimate of drug-likeness (QED) is 0.804. The first-order chi connectivity index (χ1) is 8.10. The molecule has 0 radical (unpaired) electrons. The van der Waals surface area contributed by atoms with Gasteiger partial charge in [0.15, 0.2) is 5.78 Å². The monoisotopic (exact) mass is 235 g/mol. The van der Waals surface area contributed by atoms with Gasteiger partial charge in [-0.25, -0.2) is 0 Å². The zero-order valence-corrected chi connectivity index (χ0v) is 10.7. The third kappa shape index (κ3) is 2.78. The summed E-state index contributed by atoms with van der Waals surface area (Å²) in [6, 6.07) is 3.70. The Kier molecular flexibility index (Phi) is 3.67. The lowest BCUT2D eigenvalue weighted by atomic mass is 9.91. The van der Waals surface area contributed by atoms with Gasteiger partial charge < -0.3 is 4.42 Å². The van der Waals surface area contributed by atoms with E-state index in [0.717, 1.165) is 18.8 Å². The SMILES string of the molecule is CC(C)(C(=O)Cc1ccco1)N1CCCCC1. The van der Waals surface area contributed by atoms with Gasteiger partial charge in [0, 0.05) is 0 Å². The topological polar surface area (TPSA) is 33.5 Å². The summed E-state index contributed by atoms with van der Waals surface area (Å²) in [7, 11) is 0. The van der Waals surface area contributed by atoms with Crippen LogP contribution < -0.4 is 0 Å². The predicted molar refractivity (Wildman–Crippen MR) is 66.9 cm³/mol. The molecule has 94 valence electrons. The molecule has 2 heterocycles. The number of hydrogen-bond acceptors (Lipinski definition) is 3. The van der Waals surface area contributed by atoms with E-state index in [1.807, 2.05) is 26.0 Å². The lowest BCUT2D eigenvalue weighted by Crippen LogP contribution is -2.52. The highest BCUT2D eigenvalue weighted by Gasteiger charge is 2.34. The molecule has 1 aliphatic rings.